The van der Waals surface area contributed by atoms with E-state index in [0.29, 0.717) is 13.1 Å². The van der Waals surface area contributed by atoms with Crippen LogP contribution in [0.4, 0.5) is 0 Å². The van der Waals surface area contributed by atoms with Crippen molar-refractivity contribution in [2.45, 2.75) is 13.8 Å². The van der Waals surface area contributed by atoms with Crippen molar-refractivity contribution in [3.63, 3.8) is 0 Å². The monoisotopic (exact) mass is 200 g/mol. The van der Waals surface area contributed by atoms with E-state index < -0.39 is 16.9 Å². The number of nitrogens with zero attached hydrogens (tertiary/aromatic N) is 1. The molecule has 1 N–H and O–H groups in total. The molecule has 0 saturated heterocycles. The molecule has 0 aliphatic carbocycles. The fourth-order valence-corrected chi connectivity index (χ4v) is 2.92. The maximum Gasteiger partial charge on any atom is 0.595 e. The predicted octanol–water partition coefficient (Wildman–Crippen LogP) is 0.873. The van der Waals surface area contributed by atoms with E-state index >= 15 is 0 Å². The molecule has 0 aromatic rings. The van der Waals surface area contributed by atoms with Gasteiger partial charge in [-0.1, -0.05) is 4.67 Å². The van der Waals surface area contributed by atoms with Crippen molar-refractivity contribution < 1.29 is 17.5 Å². The van der Waals surface area contributed by atoms with E-state index in [-0.39, 0.29) is 0 Å². The third kappa shape index (κ3) is 3.25. The Bertz CT molecular complexity index is 232. The second-order valence-electron chi connectivity index (χ2n) is 1.82. The van der Waals surface area contributed by atoms with E-state index in [1.807, 2.05) is 0 Å². The van der Waals surface area contributed by atoms with Gasteiger partial charge in [0.25, 0.3) is 0 Å². The summed E-state index contributed by atoms with van der Waals surface area (Å²) in [5, 5.41) is 0. The molecule has 0 amide bonds. The van der Waals surface area contributed by atoms with Crippen LogP contribution < -0.4 is 0 Å². The Balaban J connectivity index is 4.48. The molecule has 0 aliphatic heterocycles. The summed E-state index contributed by atoms with van der Waals surface area (Å²) in [4.78, 5) is 0. The Labute approximate surface area is 66.7 Å². The van der Waals surface area contributed by atoms with Gasteiger partial charge in [0.05, 0.1) is 0 Å². The highest BCUT2D eigenvalue weighted by Crippen LogP contribution is 2.32. The van der Waals surface area contributed by atoms with Crippen molar-refractivity contribution in [3.05, 3.63) is 0 Å². The van der Waals surface area contributed by atoms with Gasteiger partial charge < -0.3 is 0 Å². The molecule has 0 aromatic carbocycles. The lowest BCUT2D eigenvalue weighted by atomic mass is 10.7. The molecule has 0 rings (SSSR count). The summed E-state index contributed by atoms with van der Waals surface area (Å²) in [6.45, 7) is 4.01. The second-order valence-corrected chi connectivity index (χ2v) is 6.08. The van der Waals surface area contributed by atoms with Crippen LogP contribution in [0.5, 0.6) is 0 Å². The second kappa shape index (κ2) is 4.11. The minimum Gasteiger partial charge on any atom is -0.247 e. The van der Waals surface area contributed by atoms with Crippen LogP contribution in [0.2, 0.25) is 0 Å². The van der Waals surface area contributed by atoms with Crippen LogP contribution in [0.1, 0.15) is 13.8 Å². The highest BCUT2D eigenvalue weighted by molar-refractivity contribution is 8.42. The Morgan fingerprint density at radius 2 is 1.73 bits per heavy atom. The summed E-state index contributed by atoms with van der Waals surface area (Å²) >= 11 is 0. The fourth-order valence-electron chi connectivity index (χ4n) is 0.600. The number of rotatable bonds is 4. The molecule has 5 nitrogen and oxygen atoms in total. The van der Waals surface area contributed by atoms with Crippen LogP contribution >= 0.6 is 7.15 Å². The van der Waals surface area contributed by atoms with Crippen molar-refractivity contribution in [2.75, 3.05) is 13.1 Å². The number of hydrogen-bond acceptors (Lipinski definition) is 3. The largest absolute Gasteiger partial charge is 0.595 e. The SMILES string of the molecule is CCN(CC)[P+](=O)S(=O)(=O)O. The van der Waals surface area contributed by atoms with E-state index in [2.05, 4.69) is 0 Å². The lowest BCUT2D eigenvalue weighted by molar-refractivity contribution is 0.451. The van der Waals surface area contributed by atoms with Crippen molar-refractivity contribution in [1.82, 2.24) is 4.67 Å². The van der Waals surface area contributed by atoms with E-state index in [0.717, 1.165) is 0 Å². The molecule has 1 unspecified atom stereocenters. The third-order valence-electron chi connectivity index (χ3n) is 1.16. The minimum absolute atomic E-state index is 0.339. The topological polar surface area (TPSA) is 74.7 Å². The van der Waals surface area contributed by atoms with Crippen LogP contribution in [-0.4, -0.2) is 30.7 Å². The summed E-state index contributed by atoms with van der Waals surface area (Å²) in [7, 11) is -7.07. The maximum absolute atomic E-state index is 10.9. The molecule has 0 heterocycles. The van der Waals surface area contributed by atoms with E-state index in [9.17, 15) is 13.0 Å². The Kier molecular flexibility index (Phi) is 4.10. The summed E-state index contributed by atoms with van der Waals surface area (Å²) in [5.41, 5.74) is 0. The van der Waals surface area contributed by atoms with Gasteiger partial charge in [0.15, 0.2) is 0 Å². The Hall–Kier alpha value is -0.0300. The molecule has 7 heteroatoms. The van der Waals surface area contributed by atoms with Gasteiger partial charge in [0.1, 0.15) is 0 Å². The minimum atomic E-state index is -4.39. The highest BCUT2D eigenvalue weighted by atomic mass is 32.8. The normalized spacial score (nSPS) is 13.6. The maximum atomic E-state index is 10.9. The van der Waals surface area contributed by atoms with Crippen molar-refractivity contribution in [3.8, 4) is 0 Å². The van der Waals surface area contributed by atoms with Crippen LogP contribution in [-0.2, 0) is 14.3 Å². The Morgan fingerprint density at radius 3 is 1.82 bits per heavy atom. The first-order valence-corrected chi connectivity index (χ1v) is 6.39. The van der Waals surface area contributed by atoms with Gasteiger partial charge in [0, 0.05) is 13.1 Å². The van der Waals surface area contributed by atoms with Gasteiger partial charge in [0.2, 0.25) is 0 Å². The standard InChI is InChI=1S/C4H10NO4PS/c1-3-5(4-2)10(6)11(7,8)9/h3-4H2,1-2H3/p+1. The fraction of sp³-hybridized carbons (Fsp3) is 1.00. The van der Waals surface area contributed by atoms with E-state index in [1.54, 1.807) is 13.8 Å². The summed E-state index contributed by atoms with van der Waals surface area (Å²) in [6, 6.07) is 0. The van der Waals surface area contributed by atoms with Crippen molar-refractivity contribution in [2.24, 2.45) is 0 Å². The quantitative estimate of drug-likeness (QED) is 0.538. The molecule has 0 bridgehead atoms. The molecule has 0 radical (unpaired) electrons. The molecule has 11 heavy (non-hydrogen) atoms. The first-order valence-electron chi connectivity index (χ1n) is 3.13. The molecule has 0 spiro atoms. The lowest BCUT2D eigenvalue weighted by Crippen LogP contribution is -2.16. The van der Waals surface area contributed by atoms with Crippen LogP contribution in [0.3, 0.4) is 0 Å². The first-order chi connectivity index (χ1) is 4.93. The smallest absolute Gasteiger partial charge is 0.247 e. The molecule has 66 valence electrons. The van der Waals surface area contributed by atoms with Crippen LogP contribution in [0, 0.1) is 0 Å². The van der Waals surface area contributed by atoms with Crippen molar-refractivity contribution >= 4 is 16.9 Å². The molecule has 0 aromatic heterocycles. The molecule has 0 fully saturated rings. The molecular formula is C4H11NO4PS+. The van der Waals surface area contributed by atoms with Gasteiger partial charge in [-0.05, 0) is 18.4 Å². The van der Waals surface area contributed by atoms with Crippen LogP contribution in [0.25, 0.3) is 0 Å². The van der Waals surface area contributed by atoms with Gasteiger partial charge in [-0.3, -0.25) is 0 Å². The molecule has 0 aliphatic rings. The summed E-state index contributed by atoms with van der Waals surface area (Å²) < 4.78 is 41.0. The molecular weight excluding hydrogens is 189 g/mol. The first kappa shape index (κ1) is 11.0. The molecule has 1 atom stereocenters. The van der Waals surface area contributed by atoms with Gasteiger partial charge >= 0.3 is 16.9 Å². The third-order valence-corrected chi connectivity index (χ3v) is 4.46. The zero-order valence-corrected chi connectivity index (χ0v) is 8.10. The average Bonchev–Trinajstić information content (AvgIpc) is 1.88. The zero-order valence-electron chi connectivity index (χ0n) is 6.39. The lowest BCUT2D eigenvalue weighted by Gasteiger charge is -2.00. The van der Waals surface area contributed by atoms with Crippen LogP contribution in [0.15, 0.2) is 0 Å². The zero-order chi connectivity index (χ0) is 9.07. The summed E-state index contributed by atoms with van der Waals surface area (Å²) in [6.07, 6.45) is 0. The summed E-state index contributed by atoms with van der Waals surface area (Å²) in [5.74, 6) is 0. The average molecular weight is 200 g/mol. The highest BCUT2D eigenvalue weighted by Gasteiger charge is 2.39. The van der Waals surface area contributed by atoms with Crippen molar-refractivity contribution in [1.29, 1.82) is 0 Å². The van der Waals surface area contributed by atoms with E-state index in [1.165, 1.54) is 4.67 Å². The van der Waals surface area contributed by atoms with E-state index in [4.69, 9.17) is 4.55 Å². The Morgan fingerprint density at radius 1 is 1.36 bits per heavy atom. The van der Waals surface area contributed by atoms with Gasteiger partial charge in [-0.15, -0.1) is 0 Å². The number of hydrogen-bond donors (Lipinski definition) is 1. The predicted molar refractivity (Wildman–Crippen MR) is 42.1 cm³/mol. The van der Waals surface area contributed by atoms with Gasteiger partial charge in [-0.2, -0.15) is 8.42 Å². The molecule has 0 saturated carbocycles. The van der Waals surface area contributed by atoms with Gasteiger partial charge in [-0.25, -0.2) is 4.55 Å².